The number of para-hydroxylation sites is 1. The van der Waals surface area contributed by atoms with Crippen LogP contribution in [0.2, 0.25) is 0 Å². The van der Waals surface area contributed by atoms with Crippen LogP contribution in [0.3, 0.4) is 0 Å². The fourth-order valence-corrected chi connectivity index (χ4v) is 1.37. The molecule has 0 unspecified atom stereocenters. The summed E-state index contributed by atoms with van der Waals surface area (Å²) in [6, 6.07) is 3.93. The SMILES string of the molecule is CCOC(=O)c1cccc(CC(F)(F)F)c1N. The zero-order chi connectivity index (χ0) is 13.1. The topological polar surface area (TPSA) is 52.3 Å². The van der Waals surface area contributed by atoms with Crippen molar-refractivity contribution in [2.45, 2.75) is 19.5 Å². The first-order valence-corrected chi connectivity index (χ1v) is 4.96. The lowest BCUT2D eigenvalue weighted by Crippen LogP contribution is -2.15. The summed E-state index contributed by atoms with van der Waals surface area (Å²) in [5.41, 5.74) is 5.19. The molecular formula is C11H12F3NO2. The average molecular weight is 247 g/mol. The number of rotatable bonds is 3. The van der Waals surface area contributed by atoms with Gasteiger partial charge in [0.15, 0.2) is 0 Å². The number of carbonyl (C=O) groups excluding carboxylic acids is 1. The Balaban J connectivity index is 3.03. The van der Waals surface area contributed by atoms with E-state index in [9.17, 15) is 18.0 Å². The number of nitrogens with two attached hydrogens (primary N) is 1. The normalized spacial score (nSPS) is 11.3. The third-order valence-electron chi connectivity index (χ3n) is 2.08. The first kappa shape index (κ1) is 13.3. The molecule has 0 atom stereocenters. The molecule has 0 radical (unpaired) electrons. The molecule has 94 valence electrons. The van der Waals surface area contributed by atoms with Crippen LogP contribution < -0.4 is 5.73 Å². The second-order valence-electron chi connectivity index (χ2n) is 3.39. The Kier molecular flexibility index (Phi) is 3.98. The van der Waals surface area contributed by atoms with Gasteiger partial charge >= 0.3 is 12.1 Å². The molecule has 1 rings (SSSR count). The van der Waals surface area contributed by atoms with Crippen molar-refractivity contribution in [2.24, 2.45) is 0 Å². The van der Waals surface area contributed by atoms with Gasteiger partial charge in [-0.3, -0.25) is 0 Å². The molecule has 1 aromatic carbocycles. The molecule has 0 bridgehead atoms. The van der Waals surface area contributed by atoms with Gasteiger partial charge in [0.1, 0.15) is 0 Å². The van der Waals surface area contributed by atoms with E-state index in [2.05, 4.69) is 0 Å². The van der Waals surface area contributed by atoms with E-state index < -0.39 is 18.6 Å². The Morgan fingerprint density at radius 1 is 1.41 bits per heavy atom. The summed E-state index contributed by atoms with van der Waals surface area (Å²) in [5, 5.41) is 0. The summed E-state index contributed by atoms with van der Waals surface area (Å²) in [4.78, 5) is 11.4. The van der Waals surface area contributed by atoms with Gasteiger partial charge in [0.2, 0.25) is 0 Å². The minimum atomic E-state index is -4.36. The van der Waals surface area contributed by atoms with Gasteiger partial charge in [0.05, 0.1) is 18.6 Å². The van der Waals surface area contributed by atoms with Crippen LogP contribution >= 0.6 is 0 Å². The highest BCUT2D eigenvalue weighted by atomic mass is 19.4. The van der Waals surface area contributed by atoms with Crippen LogP contribution in [0, 0.1) is 0 Å². The maximum atomic E-state index is 12.2. The molecule has 1 aromatic rings. The maximum absolute atomic E-state index is 12.2. The van der Waals surface area contributed by atoms with E-state index in [4.69, 9.17) is 10.5 Å². The van der Waals surface area contributed by atoms with Gasteiger partial charge in [-0.25, -0.2) is 4.79 Å². The molecule has 0 aliphatic carbocycles. The average Bonchev–Trinajstić information content (AvgIpc) is 2.19. The minimum absolute atomic E-state index is 0.0337. The van der Waals surface area contributed by atoms with E-state index in [1.807, 2.05) is 0 Å². The molecule has 0 amide bonds. The number of carbonyl (C=O) groups is 1. The van der Waals surface area contributed by atoms with E-state index >= 15 is 0 Å². The number of anilines is 1. The van der Waals surface area contributed by atoms with Crippen LogP contribution in [-0.4, -0.2) is 18.8 Å². The molecule has 17 heavy (non-hydrogen) atoms. The largest absolute Gasteiger partial charge is 0.462 e. The maximum Gasteiger partial charge on any atom is 0.393 e. The van der Waals surface area contributed by atoms with Gasteiger partial charge in [-0.1, -0.05) is 12.1 Å². The van der Waals surface area contributed by atoms with Crippen molar-refractivity contribution >= 4 is 11.7 Å². The fraction of sp³-hybridized carbons (Fsp3) is 0.364. The molecular weight excluding hydrogens is 235 g/mol. The molecule has 0 aromatic heterocycles. The van der Waals surface area contributed by atoms with E-state index in [-0.39, 0.29) is 23.4 Å². The Labute approximate surface area is 96.4 Å². The number of nitrogen functional groups attached to an aromatic ring is 1. The van der Waals surface area contributed by atoms with E-state index in [0.717, 1.165) is 0 Å². The summed E-state index contributed by atoms with van der Waals surface area (Å²) in [6.45, 7) is 1.75. The predicted molar refractivity (Wildman–Crippen MR) is 56.6 cm³/mol. The molecule has 0 aliphatic rings. The highest BCUT2D eigenvalue weighted by Gasteiger charge is 2.29. The molecule has 6 heteroatoms. The number of alkyl halides is 3. The molecule has 0 heterocycles. The van der Waals surface area contributed by atoms with Gasteiger partial charge in [0.25, 0.3) is 0 Å². The van der Waals surface area contributed by atoms with Crippen LogP contribution in [0.1, 0.15) is 22.8 Å². The van der Waals surface area contributed by atoms with Crippen molar-refractivity contribution in [3.8, 4) is 0 Å². The molecule has 0 saturated heterocycles. The number of ether oxygens (including phenoxy) is 1. The van der Waals surface area contributed by atoms with Crippen LogP contribution in [0.25, 0.3) is 0 Å². The third-order valence-corrected chi connectivity index (χ3v) is 2.08. The first-order valence-electron chi connectivity index (χ1n) is 4.96. The van der Waals surface area contributed by atoms with Crippen molar-refractivity contribution in [3.63, 3.8) is 0 Å². The Morgan fingerprint density at radius 2 is 2.06 bits per heavy atom. The lowest BCUT2D eigenvalue weighted by atomic mass is 10.0. The van der Waals surface area contributed by atoms with E-state index in [0.29, 0.717) is 0 Å². The van der Waals surface area contributed by atoms with E-state index in [1.165, 1.54) is 18.2 Å². The fourth-order valence-electron chi connectivity index (χ4n) is 1.37. The Morgan fingerprint density at radius 3 is 2.59 bits per heavy atom. The second kappa shape index (κ2) is 5.07. The summed E-state index contributed by atoms with van der Waals surface area (Å²) in [7, 11) is 0. The molecule has 0 spiro atoms. The van der Waals surface area contributed by atoms with Crippen molar-refractivity contribution in [1.82, 2.24) is 0 Å². The molecule has 0 saturated carbocycles. The van der Waals surface area contributed by atoms with Gasteiger partial charge in [-0.05, 0) is 18.6 Å². The zero-order valence-corrected chi connectivity index (χ0v) is 9.17. The number of halogens is 3. The van der Waals surface area contributed by atoms with Gasteiger partial charge in [0, 0.05) is 5.69 Å². The molecule has 0 fully saturated rings. The monoisotopic (exact) mass is 247 g/mol. The van der Waals surface area contributed by atoms with Crippen molar-refractivity contribution < 1.29 is 22.7 Å². The van der Waals surface area contributed by atoms with Crippen LogP contribution in [0.5, 0.6) is 0 Å². The highest BCUT2D eigenvalue weighted by molar-refractivity contribution is 5.95. The first-order chi connectivity index (χ1) is 7.85. The van der Waals surface area contributed by atoms with Crippen LogP contribution in [0.15, 0.2) is 18.2 Å². The van der Waals surface area contributed by atoms with Crippen molar-refractivity contribution in [3.05, 3.63) is 29.3 Å². The molecule has 0 aliphatic heterocycles. The number of hydrogen-bond acceptors (Lipinski definition) is 3. The van der Waals surface area contributed by atoms with Crippen molar-refractivity contribution in [2.75, 3.05) is 12.3 Å². The Bertz CT molecular complexity index is 416. The van der Waals surface area contributed by atoms with Crippen LogP contribution in [-0.2, 0) is 11.2 Å². The lowest BCUT2D eigenvalue weighted by Gasteiger charge is -2.12. The number of benzene rings is 1. The summed E-state index contributed by atoms with van der Waals surface area (Å²) >= 11 is 0. The lowest BCUT2D eigenvalue weighted by molar-refractivity contribution is -0.127. The number of esters is 1. The quantitative estimate of drug-likeness (QED) is 0.659. The number of hydrogen-bond donors (Lipinski definition) is 1. The van der Waals surface area contributed by atoms with Gasteiger partial charge < -0.3 is 10.5 Å². The second-order valence-corrected chi connectivity index (χ2v) is 3.39. The van der Waals surface area contributed by atoms with Crippen LogP contribution in [0.4, 0.5) is 18.9 Å². The van der Waals surface area contributed by atoms with Crippen molar-refractivity contribution in [1.29, 1.82) is 0 Å². The third kappa shape index (κ3) is 3.65. The minimum Gasteiger partial charge on any atom is -0.462 e. The van der Waals surface area contributed by atoms with Gasteiger partial charge in [-0.2, -0.15) is 13.2 Å². The summed E-state index contributed by atoms with van der Waals surface area (Å²) in [5.74, 6) is -0.714. The summed E-state index contributed by atoms with van der Waals surface area (Å²) < 4.78 is 41.4. The smallest absolute Gasteiger partial charge is 0.393 e. The molecule has 2 N–H and O–H groups in total. The summed E-state index contributed by atoms with van der Waals surface area (Å²) in [6.07, 6.45) is -5.52. The van der Waals surface area contributed by atoms with Gasteiger partial charge in [-0.15, -0.1) is 0 Å². The Hall–Kier alpha value is -1.72. The zero-order valence-electron chi connectivity index (χ0n) is 9.17. The van der Waals surface area contributed by atoms with E-state index in [1.54, 1.807) is 6.92 Å². The standard InChI is InChI=1S/C11H12F3NO2/c1-2-17-10(16)8-5-3-4-7(9(8)15)6-11(12,13)14/h3-5H,2,6,15H2,1H3. The highest BCUT2D eigenvalue weighted by Crippen LogP contribution is 2.27. The molecule has 3 nitrogen and oxygen atoms in total. The predicted octanol–water partition coefficient (Wildman–Crippen LogP) is 2.55.